The lowest BCUT2D eigenvalue weighted by molar-refractivity contribution is -0.126. The van der Waals surface area contributed by atoms with E-state index in [-0.39, 0.29) is 11.5 Å². The van der Waals surface area contributed by atoms with Crippen LogP contribution in [0.1, 0.15) is 46.0 Å². The zero-order chi connectivity index (χ0) is 12.7. The van der Waals surface area contributed by atoms with Crippen LogP contribution >= 0.6 is 0 Å². The fourth-order valence-corrected chi connectivity index (χ4v) is 2.08. The summed E-state index contributed by atoms with van der Waals surface area (Å²) in [5.74, 6) is 0.0765. The molecule has 1 unspecified atom stereocenters. The molecule has 0 aromatic carbocycles. The van der Waals surface area contributed by atoms with Crippen molar-refractivity contribution in [1.82, 2.24) is 10.6 Å². The number of ether oxygens (including phenoxy) is 1. The normalized spacial score (nSPS) is 21.2. The first-order valence-corrected chi connectivity index (χ1v) is 6.59. The van der Waals surface area contributed by atoms with Gasteiger partial charge in [0.25, 0.3) is 0 Å². The van der Waals surface area contributed by atoms with E-state index in [1.807, 2.05) is 13.8 Å². The first kappa shape index (κ1) is 14.5. The number of methoxy groups -OCH3 is 1. The largest absolute Gasteiger partial charge is 0.378 e. The molecule has 0 aromatic heterocycles. The number of rotatable bonds is 6. The third-order valence-electron chi connectivity index (χ3n) is 3.37. The second-order valence-corrected chi connectivity index (χ2v) is 5.43. The summed E-state index contributed by atoms with van der Waals surface area (Å²) < 4.78 is 5.23. The van der Waals surface area contributed by atoms with Crippen molar-refractivity contribution < 1.29 is 9.53 Å². The molecule has 1 saturated heterocycles. The van der Waals surface area contributed by atoms with Gasteiger partial charge in [-0.05, 0) is 39.7 Å². The van der Waals surface area contributed by atoms with Gasteiger partial charge in [-0.25, -0.2) is 0 Å². The number of hydrogen-bond acceptors (Lipinski definition) is 3. The van der Waals surface area contributed by atoms with Crippen molar-refractivity contribution in [3.8, 4) is 0 Å². The fraction of sp³-hybridized carbons (Fsp3) is 0.923. The highest BCUT2D eigenvalue weighted by atomic mass is 16.5. The lowest BCUT2D eigenvalue weighted by Crippen LogP contribution is -2.39. The minimum atomic E-state index is -0.368. The SMILES string of the molecule is COC(C)(C)CC(=O)NCCC1CCCCN1. The Morgan fingerprint density at radius 2 is 2.24 bits per heavy atom. The molecule has 0 saturated carbocycles. The van der Waals surface area contributed by atoms with Crippen LogP contribution in [0.2, 0.25) is 0 Å². The van der Waals surface area contributed by atoms with Crippen molar-refractivity contribution in [2.24, 2.45) is 0 Å². The predicted molar refractivity (Wildman–Crippen MR) is 69.0 cm³/mol. The molecule has 1 aliphatic rings. The van der Waals surface area contributed by atoms with E-state index in [0.717, 1.165) is 19.5 Å². The molecule has 1 rings (SSSR count). The van der Waals surface area contributed by atoms with Gasteiger partial charge in [0.1, 0.15) is 0 Å². The number of amides is 1. The minimum Gasteiger partial charge on any atom is -0.378 e. The van der Waals surface area contributed by atoms with Gasteiger partial charge in [0.05, 0.1) is 12.0 Å². The predicted octanol–water partition coefficient (Wildman–Crippen LogP) is 1.45. The molecule has 4 heteroatoms. The first-order chi connectivity index (χ1) is 8.03. The lowest BCUT2D eigenvalue weighted by Gasteiger charge is -2.24. The molecule has 0 aliphatic carbocycles. The molecule has 1 fully saturated rings. The molecule has 100 valence electrons. The van der Waals surface area contributed by atoms with Crippen LogP contribution in [0.15, 0.2) is 0 Å². The Hall–Kier alpha value is -0.610. The van der Waals surface area contributed by atoms with E-state index in [1.54, 1.807) is 7.11 Å². The summed E-state index contributed by atoms with van der Waals surface area (Å²) >= 11 is 0. The Kier molecular flexibility index (Phi) is 5.92. The smallest absolute Gasteiger partial charge is 0.222 e. The Morgan fingerprint density at radius 3 is 2.82 bits per heavy atom. The summed E-state index contributed by atoms with van der Waals surface area (Å²) in [5.41, 5.74) is -0.368. The highest BCUT2D eigenvalue weighted by Crippen LogP contribution is 2.12. The number of hydrogen-bond donors (Lipinski definition) is 2. The summed E-state index contributed by atoms with van der Waals surface area (Å²) in [4.78, 5) is 11.6. The van der Waals surface area contributed by atoms with Gasteiger partial charge in [-0.2, -0.15) is 0 Å². The number of carbonyl (C=O) groups is 1. The molecule has 1 atom stereocenters. The van der Waals surface area contributed by atoms with Crippen molar-refractivity contribution in [2.45, 2.75) is 57.6 Å². The van der Waals surface area contributed by atoms with Crippen molar-refractivity contribution in [3.05, 3.63) is 0 Å². The van der Waals surface area contributed by atoms with Gasteiger partial charge in [0.15, 0.2) is 0 Å². The quantitative estimate of drug-likeness (QED) is 0.741. The van der Waals surface area contributed by atoms with Crippen LogP contribution in [-0.4, -0.2) is 37.7 Å². The Morgan fingerprint density at radius 1 is 1.47 bits per heavy atom. The molecule has 0 radical (unpaired) electrons. The molecule has 1 aliphatic heterocycles. The number of nitrogens with one attached hydrogen (secondary N) is 2. The summed E-state index contributed by atoms with van der Waals surface area (Å²) in [5, 5.41) is 6.44. The molecule has 17 heavy (non-hydrogen) atoms. The van der Waals surface area contributed by atoms with Crippen molar-refractivity contribution in [3.63, 3.8) is 0 Å². The molecule has 1 heterocycles. The maximum Gasteiger partial charge on any atom is 0.222 e. The van der Waals surface area contributed by atoms with Gasteiger partial charge in [0.2, 0.25) is 5.91 Å². The zero-order valence-electron chi connectivity index (χ0n) is 11.3. The molecule has 4 nitrogen and oxygen atoms in total. The average Bonchev–Trinajstić information content (AvgIpc) is 2.30. The maximum absolute atomic E-state index is 11.6. The second-order valence-electron chi connectivity index (χ2n) is 5.43. The van der Waals surface area contributed by atoms with E-state index < -0.39 is 0 Å². The van der Waals surface area contributed by atoms with E-state index in [4.69, 9.17) is 4.74 Å². The first-order valence-electron chi connectivity index (χ1n) is 6.59. The summed E-state index contributed by atoms with van der Waals surface area (Å²) in [6, 6.07) is 0.583. The fourth-order valence-electron chi connectivity index (χ4n) is 2.08. The van der Waals surface area contributed by atoms with Crippen LogP contribution in [0.25, 0.3) is 0 Å². The molecular formula is C13H26N2O2. The van der Waals surface area contributed by atoms with E-state index in [1.165, 1.54) is 19.3 Å². The third kappa shape index (κ3) is 6.03. The number of piperidine rings is 1. The van der Waals surface area contributed by atoms with Crippen LogP contribution in [0.3, 0.4) is 0 Å². The van der Waals surface area contributed by atoms with Gasteiger partial charge in [-0.3, -0.25) is 4.79 Å². The Balaban J connectivity index is 2.11. The van der Waals surface area contributed by atoms with E-state index in [2.05, 4.69) is 10.6 Å². The Labute approximate surface area is 104 Å². The van der Waals surface area contributed by atoms with Crippen molar-refractivity contribution in [1.29, 1.82) is 0 Å². The molecule has 0 aromatic rings. The highest BCUT2D eigenvalue weighted by molar-refractivity contribution is 5.76. The topological polar surface area (TPSA) is 50.4 Å². The molecule has 2 N–H and O–H groups in total. The van der Waals surface area contributed by atoms with Crippen molar-refractivity contribution >= 4 is 5.91 Å². The Bertz CT molecular complexity index is 236. The van der Waals surface area contributed by atoms with Crippen molar-refractivity contribution in [2.75, 3.05) is 20.2 Å². The van der Waals surface area contributed by atoms with Crippen LogP contribution in [0.5, 0.6) is 0 Å². The lowest BCUT2D eigenvalue weighted by atomic mass is 10.0. The van der Waals surface area contributed by atoms with Gasteiger partial charge in [-0.1, -0.05) is 6.42 Å². The highest BCUT2D eigenvalue weighted by Gasteiger charge is 2.21. The van der Waals surface area contributed by atoms with Crippen LogP contribution in [0.4, 0.5) is 0 Å². The van der Waals surface area contributed by atoms with Crippen LogP contribution < -0.4 is 10.6 Å². The minimum absolute atomic E-state index is 0.0765. The average molecular weight is 242 g/mol. The second kappa shape index (κ2) is 6.97. The van der Waals surface area contributed by atoms with E-state index in [9.17, 15) is 4.79 Å². The maximum atomic E-state index is 11.6. The molecule has 1 amide bonds. The third-order valence-corrected chi connectivity index (χ3v) is 3.37. The summed E-state index contributed by atoms with van der Waals surface area (Å²) in [7, 11) is 1.64. The van der Waals surface area contributed by atoms with Gasteiger partial charge in [-0.15, -0.1) is 0 Å². The van der Waals surface area contributed by atoms with Crippen LogP contribution in [0, 0.1) is 0 Å². The van der Waals surface area contributed by atoms with Gasteiger partial charge in [0, 0.05) is 19.7 Å². The summed E-state index contributed by atoms with van der Waals surface area (Å²) in [6.45, 7) is 5.73. The summed E-state index contributed by atoms with van der Waals surface area (Å²) in [6.07, 6.45) is 5.27. The van der Waals surface area contributed by atoms with Gasteiger partial charge >= 0.3 is 0 Å². The van der Waals surface area contributed by atoms with Gasteiger partial charge < -0.3 is 15.4 Å². The standard InChI is InChI=1S/C13H26N2O2/c1-13(2,17-3)10-12(16)15-9-7-11-6-4-5-8-14-11/h11,14H,4-10H2,1-3H3,(H,15,16). The van der Waals surface area contributed by atoms with Crippen LogP contribution in [-0.2, 0) is 9.53 Å². The monoisotopic (exact) mass is 242 g/mol. The van der Waals surface area contributed by atoms with E-state index >= 15 is 0 Å². The molecule has 0 spiro atoms. The zero-order valence-corrected chi connectivity index (χ0v) is 11.3. The molecule has 0 bridgehead atoms. The number of carbonyl (C=O) groups excluding carboxylic acids is 1. The molecular weight excluding hydrogens is 216 g/mol. The van der Waals surface area contributed by atoms with E-state index in [0.29, 0.717) is 12.5 Å².